The molecule has 18 nitrogen and oxygen atoms in total. The van der Waals surface area contributed by atoms with Crippen LogP contribution in [0, 0.1) is 36.3 Å². The van der Waals surface area contributed by atoms with Crippen molar-refractivity contribution in [1.29, 1.82) is 0 Å². The van der Waals surface area contributed by atoms with Gasteiger partial charge in [-0.25, -0.2) is 13.8 Å². The molecule has 4 aliphatic rings. The molecule has 0 aliphatic carbocycles. The number of aromatic nitrogens is 4. The molecule has 3 aromatic heterocycles. The van der Waals surface area contributed by atoms with Crippen molar-refractivity contribution in [3.63, 3.8) is 0 Å². The molecule has 0 spiro atoms. The van der Waals surface area contributed by atoms with Crippen molar-refractivity contribution in [2.75, 3.05) is 70.7 Å². The molecule has 426 valence electrons. The zero-order valence-corrected chi connectivity index (χ0v) is 47.0. The highest BCUT2D eigenvalue weighted by Gasteiger charge is 2.45. The first-order valence-corrected chi connectivity index (χ1v) is 28.3. The van der Waals surface area contributed by atoms with Gasteiger partial charge in [-0.1, -0.05) is 69.2 Å². The number of hydrogen-bond acceptors (Lipinski definition) is 16. The maximum absolute atomic E-state index is 17.2. The predicted molar refractivity (Wildman–Crippen MR) is 305 cm³/mol. The number of pyridine rings is 1. The number of rotatable bonds is 19. The number of phenolic OH excluding ortho intramolecular Hbond substituents is 1. The van der Waals surface area contributed by atoms with Crippen LogP contribution in [0.4, 0.5) is 14.6 Å². The highest BCUT2D eigenvalue weighted by Crippen LogP contribution is 2.40. The van der Waals surface area contributed by atoms with Crippen molar-refractivity contribution in [1.82, 2.24) is 45.7 Å². The van der Waals surface area contributed by atoms with Gasteiger partial charge in [-0.2, -0.15) is 9.97 Å². The largest absolute Gasteiger partial charge is 0.508 e. The molecule has 0 saturated carbocycles. The average molecular weight is 1130 g/mol. The van der Waals surface area contributed by atoms with Crippen LogP contribution in [0.3, 0.4) is 0 Å². The number of piperazine rings is 1. The number of halogens is 2. The Bertz CT molecular complexity index is 3390. The van der Waals surface area contributed by atoms with E-state index in [-0.39, 0.29) is 103 Å². The number of aliphatic hydroxyl groups is 1. The number of likely N-dealkylation sites (tertiary alicyclic amines) is 2. The molecule has 2 unspecified atom stereocenters. The lowest BCUT2D eigenvalue weighted by atomic mass is 9.85. The summed E-state index contributed by atoms with van der Waals surface area (Å²) in [5.41, 5.74) is 4.73. The summed E-state index contributed by atoms with van der Waals surface area (Å²) in [5, 5.41) is 31.9. The van der Waals surface area contributed by atoms with E-state index in [1.165, 1.54) is 35.4 Å². The lowest BCUT2D eigenvalue weighted by molar-refractivity contribution is -0.144. The number of carbonyl (C=O) groups is 3. The molecule has 21 heteroatoms. The lowest BCUT2D eigenvalue weighted by Gasteiger charge is -2.35. The Balaban J connectivity index is 0.726. The number of β-amino-alcohol motifs (C(OH)–C–C–N with tert-alkyl or cyclic N) is 1. The summed E-state index contributed by atoms with van der Waals surface area (Å²) in [5.74, 6) is -0.163. The van der Waals surface area contributed by atoms with E-state index in [2.05, 4.69) is 53.2 Å². The fraction of sp³-hybridized carbons (Fsp3) is 0.450. The molecule has 7 heterocycles. The fourth-order valence-corrected chi connectivity index (χ4v) is 12.4. The van der Waals surface area contributed by atoms with E-state index in [1.54, 1.807) is 16.8 Å². The van der Waals surface area contributed by atoms with Crippen LogP contribution in [0.25, 0.3) is 43.4 Å². The first-order chi connectivity index (χ1) is 38.8. The number of benzene rings is 3. The van der Waals surface area contributed by atoms with Gasteiger partial charge in [0, 0.05) is 74.4 Å². The highest BCUT2D eigenvalue weighted by atomic mass is 32.1. The standard InChI is InChI=1S/C60H68F2N10O8S/c1-8-44-47(61)16-13-38-22-42(73)23-45(50(38)44)52-51(62)53-46(25-63-52)56(71-27-39-14-15-40(28-71)66-39)69-59(68-53)80-30-41-21-33(2)26-70(41)17-18-78-19-20-79-31-49(75)67-55(60(5,6)7)58(77)72-29-43(74)24-48(72)57(76)65-34(3)36-9-11-37(12-10-36)54-35(4)64-32-81-54/h1,9-13,16,22-23,25,32,34,39-41,43,48,55,66,73-74H,2,14-15,17-21,24,26-31H2,3-7H3,(H,65,76)(H,67,75)/t34-,39?,40?,41-,43+,48-,55+/m0/s1. The third-order valence-electron chi connectivity index (χ3n) is 15.7. The van der Waals surface area contributed by atoms with Crippen molar-refractivity contribution in [3.05, 3.63) is 101 Å². The molecule has 0 radical (unpaired) electrons. The number of anilines is 1. The van der Waals surface area contributed by atoms with E-state index in [0.29, 0.717) is 55.8 Å². The number of nitrogens with zero attached hydrogens (tertiary/aromatic N) is 7. The number of carbonyl (C=O) groups excluding carboxylic acids is 3. The van der Waals surface area contributed by atoms with Gasteiger partial charge in [0.1, 0.15) is 53.9 Å². The Kier molecular flexibility index (Phi) is 17.0. The van der Waals surface area contributed by atoms with Crippen LogP contribution in [0.5, 0.6) is 11.8 Å². The van der Waals surface area contributed by atoms with Gasteiger partial charge in [0.2, 0.25) is 17.7 Å². The van der Waals surface area contributed by atoms with Crippen LogP contribution >= 0.6 is 11.3 Å². The van der Waals surface area contributed by atoms with Gasteiger partial charge >= 0.3 is 6.01 Å². The maximum Gasteiger partial charge on any atom is 0.319 e. The minimum atomic E-state index is -1.02. The SMILES string of the molecule is C#Cc1c(F)ccc2cc(O)cc(-c3ncc4c(N5CC6CCC(C5)N6)nc(OC[C@@H]5CC(=C)CN5CCOCCOCC(=O)N[C@H](C(=O)N5C[C@H](O)C[C@H]5C(=O)N[C@@H](C)c5ccc(-c6scnc6C)cc5)C(C)(C)C)nc4c3F)c12. The second kappa shape index (κ2) is 24.1. The van der Waals surface area contributed by atoms with E-state index >= 15 is 8.78 Å². The monoisotopic (exact) mass is 1130 g/mol. The van der Waals surface area contributed by atoms with Crippen molar-refractivity contribution < 1.29 is 47.6 Å². The van der Waals surface area contributed by atoms with Gasteiger partial charge in [-0.15, -0.1) is 17.8 Å². The van der Waals surface area contributed by atoms with Gasteiger partial charge in [-0.05, 0) is 73.2 Å². The zero-order valence-electron chi connectivity index (χ0n) is 46.1. The molecule has 5 N–H and O–H groups in total. The first-order valence-electron chi connectivity index (χ1n) is 27.4. The third kappa shape index (κ3) is 12.5. The number of phenols is 1. The van der Waals surface area contributed by atoms with Gasteiger partial charge in [0.15, 0.2) is 5.82 Å². The highest BCUT2D eigenvalue weighted by molar-refractivity contribution is 7.13. The Hall–Kier alpha value is -7.19. The fourth-order valence-electron chi connectivity index (χ4n) is 11.6. The number of aromatic hydroxyl groups is 1. The van der Waals surface area contributed by atoms with Gasteiger partial charge in [0.25, 0.3) is 0 Å². The smallest absolute Gasteiger partial charge is 0.319 e. The summed E-state index contributed by atoms with van der Waals surface area (Å²) < 4.78 is 50.2. The van der Waals surface area contributed by atoms with Crippen LogP contribution < -0.4 is 25.6 Å². The topological polar surface area (TPSA) is 217 Å². The Labute approximate surface area is 473 Å². The van der Waals surface area contributed by atoms with E-state index in [4.69, 9.17) is 25.6 Å². The number of thiazole rings is 1. The summed E-state index contributed by atoms with van der Waals surface area (Å²) in [6, 6.07) is 11.3. The maximum atomic E-state index is 17.2. The van der Waals surface area contributed by atoms with Crippen molar-refractivity contribution in [3.8, 4) is 45.8 Å². The number of aryl methyl sites for hydroxylation is 1. The van der Waals surface area contributed by atoms with Crippen molar-refractivity contribution >= 4 is 56.6 Å². The molecule has 4 saturated heterocycles. The van der Waals surface area contributed by atoms with E-state index in [0.717, 1.165) is 40.1 Å². The van der Waals surface area contributed by atoms with E-state index in [1.807, 2.05) is 58.9 Å². The quantitative estimate of drug-likeness (QED) is 0.0328. The van der Waals surface area contributed by atoms with Crippen molar-refractivity contribution in [2.24, 2.45) is 5.41 Å². The minimum Gasteiger partial charge on any atom is -0.508 e. The van der Waals surface area contributed by atoms with Crippen LogP contribution in [-0.2, 0) is 23.9 Å². The Morgan fingerprint density at radius 2 is 1.75 bits per heavy atom. The number of hydrogen-bond donors (Lipinski definition) is 5. The normalized spacial score (nSPS) is 20.9. The molecule has 10 rings (SSSR count). The molecule has 4 fully saturated rings. The van der Waals surface area contributed by atoms with Crippen LogP contribution in [-0.4, -0.2) is 160 Å². The van der Waals surface area contributed by atoms with Gasteiger partial charge < -0.3 is 50.2 Å². The van der Waals surface area contributed by atoms with Gasteiger partial charge in [-0.3, -0.25) is 24.3 Å². The molecule has 81 heavy (non-hydrogen) atoms. The van der Waals surface area contributed by atoms with Crippen LogP contribution in [0.1, 0.15) is 76.2 Å². The number of nitrogens with one attached hydrogen (secondary N) is 3. The molecule has 3 amide bonds. The first kappa shape index (κ1) is 57.1. The molecular weight excluding hydrogens is 1060 g/mol. The number of amides is 3. The minimum absolute atomic E-state index is 0.0307. The van der Waals surface area contributed by atoms with Crippen LogP contribution in [0.15, 0.2) is 72.4 Å². The Morgan fingerprint density at radius 3 is 2.47 bits per heavy atom. The van der Waals surface area contributed by atoms with E-state index < -0.39 is 53.0 Å². The molecule has 3 aromatic carbocycles. The Morgan fingerprint density at radius 1 is 1.00 bits per heavy atom. The number of aliphatic hydroxyl groups excluding tert-OH is 1. The summed E-state index contributed by atoms with van der Waals surface area (Å²) in [4.78, 5) is 66.4. The summed E-state index contributed by atoms with van der Waals surface area (Å²) >= 11 is 1.56. The molecule has 2 bridgehead atoms. The summed E-state index contributed by atoms with van der Waals surface area (Å²) in [6.07, 6.45) is 9.05. The molecular formula is C60H68F2N10O8S. The van der Waals surface area contributed by atoms with Crippen molar-refractivity contribution in [2.45, 2.75) is 103 Å². The summed E-state index contributed by atoms with van der Waals surface area (Å²) in [6.45, 7) is 16.3. The van der Waals surface area contributed by atoms with Gasteiger partial charge in [0.05, 0.1) is 59.0 Å². The lowest BCUT2D eigenvalue weighted by Crippen LogP contribution is -2.58. The third-order valence-corrected chi connectivity index (χ3v) is 16.6. The number of ether oxygens (including phenoxy) is 3. The second-order valence-corrected chi connectivity index (χ2v) is 23.5. The van der Waals surface area contributed by atoms with E-state index in [9.17, 15) is 24.6 Å². The molecule has 7 atom stereocenters. The number of terminal acetylenes is 1. The second-order valence-electron chi connectivity index (χ2n) is 22.6. The summed E-state index contributed by atoms with van der Waals surface area (Å²) in [7, 11) is 0. The molecule has 6 aromatic rings. The zero-order chi connectivity index (χ0) is 57.3. The number of fused-ring (bicyclic) bond motifs is 4. The molecule has 4 aliphatic heterocycles. The average Bonchev–Trinajstić information content (AvgIpc) is 4.19. The van der Waals surface area contributed by atoms with Crippen LogP contribution in [0.2, 0.25) is 0 Å². The predicted octanol–water partition coefficient (Wildman–Crippen LogP) is 6.60.